The molecule has 0 aliphatic rings. The van der Waals surface area contributed by atoms with Crippen LogP contribution in [0.4, 0.5) is 5.69 Å². The fraction of sp³-hybridized carbons (Fsp3) is 0.115. The summed E-state index contributed by atoms with van der Waals surface area (Å²) < 4.78 is 0. The summed E-state index contributed by atoms with van der Waals surface area (Å²) in [6, 6.07) is 24.9. The van der Waals surface area contributed by atoms with Crippen molar-refractivity contribution in [2.24, 2.45) is 11.5 Å². The average Bonchev–Trinajstić information content (AvgIpc) is 3.33. The van der Waals surface area contributed by atoms with Gasteiger partial charge in [0.05, 0.1) is 5.69 Å². The van der Waals surface area contributed by atoms with E-state index in [9.17, 15) is 4.79 Å². The number of nitrogens with two attached hydrogens (primary N) is 2. The second-order valence-corrected chi connectivity index (χ2v) is 7.87. The summed E-state index contributed by atoms with van der Waals surface area (Å²) in [4.78, 5) is 19.5. The first-order valence-electron chi connectivity index (χ1n) is 10.7. The number of hydrogen-bond acceptors (Lipinski definition) is 4. The van der Waals surface area contributed by atoms with E-state index in [-0.39, 0.29) is 11.8 Å². The molecule has 0 bridgehead atoms. The van der Waals surface area contributed by atoms with Crippen molar-refractivity contribution in [1.82, 2.24) is 9.97 Å². The lowest BCUT2D eigenvalue weighted by atomic mass is 9.98. The number of nitrogen functional groups attached to an aromatic ring is 1. The predicted molar refractivity (Wildman–Crippen MR) is 131 cm³/mol. The van der Waals surface area contributed by atoms with Gasteiger partial charge in [0.25, 0.3) is 0 Å². The fourth-order valence-corrected chi connectivity index (χ4v) is 3.67. The van der Waals surface area contributed by atoms with Crippen LogP contribution in [0.5, 0.6) is 0 Å². The summed E-state index contributed by atoms with van der Waals surface area (Å²) in [6.07, 6.45) is 2.71. The van der Waals surface area contributed by atoms with Crippen molar-refractivity contribution in [3.63, 3.8) is 0 Å². The van der Waals surface area contributed by atoms with Crippen molar-refractivity contribution in [2.45, 2.75) is 12.3 Å². The zero-order chi connectivity index (χ0) is 23.2. The Morgan fingerprint density at radius 1 is 0.939 bits per heavy atom. The van der Waals surface area contributed by atoms with Crippen molar-refractivity contribution in [3.8, 4) is 11.3 Å². The van der Waals surface area contributed by atoms with Crippen LogP contribution in [-0.4, -0.2) is 28.3 Å². The van der Waals surface area contributed by atoms with Crippen LogP contribution in [0.25, 0.3) is 11.3 Å². The number of H-pyrrole nitrogens is 1. The van der Waals surface area contributed by atoms with Gasteiger partial charge >= 0.3 is 0 Å². The molecule has 0 fully saturated rings. The molecule has 4 rings (SSSR count). The summed E-state index contributed by atoms with van der Waals surface area (Å²) in [7, 11) is 0. The molecule has 1 amide bonds. The maximum Gasteiger partial charge on any atom is 0.248 e. The van der Waals surface area contributed by atoms with Crippen molar-refractivity contribution in [3.05, 3.63) is 108 Å². The number of carbonyl (C=O) groups excluding carboxylic acids is 1. The molecule has 0 saturated carbocycles. The number of rotatable bonds is 9. The van der Waals surface area contributed by atoms with E-state index in [1.807, 2.05) is 60.8 Å². The van der Waals surface area contributed by atoms with Gasteiger partial charge in [0.15, 0.2) is 0 Å². The second-order valence-electron chi connectivity index (χ2n) is 7.87. The first kappa shape index (κ1) is 21.8. The van der Waals surface area contributed by atoms with Crippen LogP contribution >= 0.6 is 0 Å². The first-order valence-corrected chi connectivity index (χ1v) is 10.7. The summed E-state index contributed by atoms with van der Waals surface area (Å²) in [6.45, 7) is 0.654. The summed E-state index contributed by atoms with van der Waals surface area (Å²) in [5.74, 6) is 0.573. The minimum absolute atomic E-state index is 0.0436. The number of benzene rings is 3. The smallest absolute Gasteiger partial charge is 0.248 e. The number of nitrogens with zero attached hydrogens (tertiary/aromatic N) is 1. The number of amides is 1. The summed E-state index contributed by atoms with van der Waals surface area (Å²) >= 11 is 0. The molecular formula is C26H26N6O. The third-order valence-electron chi connectivity index (χ3n) is 5.52. The standard InChI is InChI=1S/C26H26N6O/c27-24(28)19-8-6-18(7-9-19)23-16-31-26(32-23)21(14-17-4-2-1-3-5-17)15-30-22-12-10-20(11-13-22)25(29)33/h1-13,16,21,30H,14-15H2,(H3,27,28)(H2,29,33)(H,31,32). The highest BCUT2D eigenvalue weighted by molar-refractivity contribution is 5.95. The number of anilines is 1. The molecule has 0 radical (unpaired) electrons. The Morgan fingerprint density at radius 3 is 2.24 bits per heavy atom. The van der Waals surface area contributed by atoms with Gasteiger partial charge in [0.1, 0.15) is 11.7 Å². The third-order valence-corrected chi connectivity index (χ3v) is 5.52. The number of hydrogen-bond donors (Lipinski definition) is 5. The SMILES string of the molecule is N=C(N)c1ccc(-c2c[nH]c(C(CNc3ccc(C(N)=O)cc3)Cc3ccccc3)n2)cc1. The number of primary amides is 1. The van der Waals surface area contributed by atoms with E-state index in [0.29, 0.717) is 17.7 Å². The van der Waals surface area contributed by atoms with Crippen LogP contribution in [0.1, 0.15) is 33.2 Å². The fourth-order valence-electron chi connectivity index (χ4n) is 3.67. The highest BCUT2D eigenvalue weighted by Crippen LogP contribution is 2.24. The van der Waals surface area contributed by atoms with Gasteiger partial charge in [0, 0.05) is 41.0 Å². The summed E-state index contributed by atoms with van der Waals surface area (Å²) in [5.41, 5.74) is 16.0. The number of nitrogens with one attached hydrogen (secondary N) is 3. The molecule has 0 aliphatic carbocycles. The molecule has 7 nitrogen and oxygen atoms in total. The van der Waals surface area contributed by atoms with Crippen molar-refractivity contribution >= 4 is 17.4 Å². The molecule has 1 aromatic heterocycles. The van der Waals surface area contributed by atoms with E-state index < -0.39 is 5.91 Å². The summed E-state index contributed by atoms with van der Waals surface area (Å²) in [5, 5.41) is 11.0. The van der Waals surface area contributed by atoms with Crippen molar-refractivity contribution in [2.75, 3.05) is 11.9 Å². The highest BCUT2D eigenvalue weighted by atomic mass is 16.1. The molecule has 0 spiro atoms. The Hall–Kier alpha value is -4.39. The van der Waals surface area contributed by atoms with E-state index in [1.54, 1.807) is 12.1 Å². The molecule has 33 heavy (non-hydrogen) atoms. The molecule has 0 aliphatic heterocycles. The van der Waals surface area contributed by atoms with Crippen LogP contribution in [0.15, 0.2) is 85.1 Å². The monoisotopic (exact) mass is 438 g/mol. The highest BCUT2D eigenvalue weighted by Gasteiger charge is 2.17. The van der Waals surface area contributed by atoms with E-state index >= 15 is 0 Å². The third kappa shape index (κ3) is 5.46. The van der Waals surface area contributed by atoms with Crippen LogP contribution in [0.3, 0.4) is 0 Å². The zero-order valence-corrected chi connectivity index (χ0v) is 18.1. The minimum atomic E-state index is -0.442. The number of aromatic nitrogens is 2. The molecule has 7 heteroatoms. The molecule has 4 aromatic rings. The molecular weight excluding hydrogens is 412 g/mol. The van der Waals surface area contributed by atoms with Crippen LogP contribution < -0.4 is 16.8 Å². The molecule has 166 valence electrons. The topological polar surface area (TPSA) is 134 Å². The molecule has 1 heterocycles. The molecule has 0 saturated heterocycles. The van der Waals surface area contributed by atoms with Gasteiger partial charge in [0.2, 0.25) is 5.91 Å². The normalized spacial score (nSPS) is 11.6. The molecule has 1 atom stereocenters. The van der Waals surface area contributed by atoms with Crippen LogP contribution in [0.2, 0.25) is 0 Å². The van der Waals surface area contributed by atoms with Crippen molar-refractivity contribution < 1.29 is 4.79 Å². The maximum atomic E-state index is 11.3. The van der Waals surface area contributed by atoms with E-state index in [0.717, 1.165) is 29.2 Å². The Bertz CT molecular complexity index is 1230. The first-order chi connectivity index (χ1) is 16.0. The second kappa shape index (κ2) is 9.82. The Kier molecular flexibility index (Phi) is 6.50. The molecule has 7 N–H and O–H groups in total. The maximum absolute atomic E-state index is 11.3. The molecule has 1 unspecified atom stereocenters. The van der Waals surface area contributed by atoms with Gasteiger partial charge in [-0.25, -0.2) is 4.98 Å². The zero-order valence-electron chi connectivity index (χ0n) is 18.1. The quantitative estimate of drug-likeness (QED) is 0.200. The predicted octanol–water partition coefficient (Wildman–Crippen LogP) is 3.90. The Morgan fingerprint density at radius 2 is 1.61 bits per heavy atom. The lowest BCUT2D eigenvalue weighted by molar-refractivity contribution is 0.100. The van der Waals surface area contributed by atoms with E-state index in [4.69, 9.17) is 21.9 Å². The van der Waals surface area contributed by atoms with Crippen LogP contribution in [0, 0.1) is 5.41 Å². The minimum Gasteiger partial charge on any atom is -0.384 e. The van der Waals surface area contributed by atoms with E-state index in [1.165, 1.54) is 5.56 Å². The number of imidazole rings is 1. The van der Waals surface area contributed by atoms with Gasteiger partial charge < -0.3 is 21.8 Å². The number of amidine groups is 1. The van der Waals surface area contributed by atoms with Gasteiger partial charge in [-0.2, -0.15) is 0 Å². The Balaban J connectivity index is 1.54. The van der Waals surface area contributed by atoms with Crippen LogP contribution in [-0.2, 0) is 6.42 Å². The average molecular weight is 439 g/mol. The van der Waals surface area contributed by atoms with Gasteiger partial charge in [-0.1, -0.05) is 54.6 Å². The van der Waals surface area contributed by atoms with Gasteiger partial charge in [-0.3, -0.25) is 10.2 Å². The number of aromatic amines is 1. The number of carbonyl (C=O) groups is 1. The lowest BCUT2D eigenvalue weighted by Crippen LogP contribution is -2.17. The van der Waals surface area contributed by atoms with Gasteiger partial charge in [-0.05, 0) is 36.2 Å². The lowest BCUT2D eigenvalue weighted by Gasteiger charge is -2.17. The van der Waals surface area contributed by atoms with Crippen molar-refractivity contribution in [1.29, 1.82) is 5.41 Å². The van der Waals surface area contributed by atoms with Gasteiger partial charge in [-0.15, -0.1) is 0 Å². The molecule has 3 aromatic carbocycles. The Labute approximate surface area is 192 Å². The largest absolute Gasteiger partial charge is 0.384 e. The van der Waals surface area contributed by atoms with E-state index in [2.05, 4.69) is 22.4 Å².